The molecule has 1 amide bonds. The zero-order valence-corrected chi connectivity index (χ0v) is 16.7. The quantitative estimate of drug-likeness (QED) is 0.850. The van der Waals surface area contributed by atoms with Crippen molar-refractivity contribution >= 4 is 24.1 Å². The molecule has 5 nitrogen and oxygen atoms in total. The van der Waals surface area contributed by atoms with Crippen LogP contribution in [-0.2, 0) is 10.2 Å². The van der Waals surface area contributed by atoms with Crippen molar-refractivity contribution in [3.63, 3.8) is 0 Å². The third-order valence-corrected chi connectivity index (χ3v) is 3.97. The predicted molar refractivity (Wildman–Crippen MR) is 106 cm³/mol. The molecule has 0 radical (unpaired) electrons. The fraction of sp³-hybridized carbons (Fsp3) is 0.474. The third kappa shape index (κ3) is 5.31. The summed E-state index contributed by atoms with van der Waals surface area (Å²) in [6, 6.07) is 10.1. The number of amides is 1. The second-order valence-electron chi connectivity index (χ2n) is 7.36. The van der Waals surface area contributed by atoms with Gasteiger partial charge in [-0.05, 0) is 26.1 Å². The van der Waals surface area contributed by atoms with Crippen molar-refractivity contribution in [3.8, 4) is 5.69 Å². The van der Waals surface area contributed by atoms with Crippen molar-refractivity contribution in [3.05, 3.63) is 41.6 Å². The Morgan fingerprint density at radius 3 is 2.36 bits per heavy atom. The second-order valence-corrected chi connectivity index (χ2v) is 7.36. The molecule has 0 fully saturated rings. The lowest BCUT2D eigenvalue weighted by Gasteiger charge is -2.14. The number of nitrogens with one attached hydrogen (secondary N) is 2. The first-order valence-electron chi connectivity index (χ1n) is 8.35. The maximum Gasteiger partial charge on any atom is 0.229 e. The van der Waals surface area contributed by atoms with Gasteiger partial charge in [0.1, 0.15) is 5.82 Å². The Bertz CT molecular complexity index is 701. The van der Waals surface area contributed by atoms with Crippen molar-refractivity contribution in [2.45, 2.75) is 40.0 Å². The molecule has 1 unspecified atom stereocenters. The highest BCUT2D eigenvalue weighted by atomic mass is 35.5. The first kappa shape index (κ1) is 21.2. The molecule has 6 heteroatoms. The van der Waals surface area contributed by atoms with Crippen LogP contribution in [-0.4, -0.2) is 29.3 Å². The average Bonchev–Trinajstić information content (AvgIpc) is 2.92. The molecule has 2 rings (SSSR count). The molecule has 0 bridgehead atoms. The molecule has 0 aliphatic heterocycles. The van der Waals surface area contributed by atoms with Gasteiger partial charge in [-0.25, -0.2) is 4.68 Å². The summed E-state index contributed by atoms with van der Waals surface area (Å²) in [4.78, 5) is 12.4. The molecular weight excluding hydrogens is 336 g/mol. The van der Waals surface area contributed by atoms with E-state index in [0.29, 0.717) is 12.4 Å². The van der Waals surface area contributed by atoms with Gasteiger partial charge in [0, 0.05) is 23.9 Å². The van der Waals surface area contributed by atoms with Crippen molar-refractivity contribution < 1.29 is 4.79 Å². The van der Waals surface area contributed by atoms with Gasteiger partial charge in [-0.1, -0.05) is 45.4 Å². The van der Waals surface area contributed by atoms with Gasteiger partial charge in [-0.15, -0.1) is 12.4 Å². The molecule has 25 heavy (non-hydrogen) atoms. The number of hydrogen-bond donors (Lipinski definition) is 2. The summed E-state index contributed by atoms with van der Waals surface area (Å²) < 4.78 is 1.81. The van der Waals surface area contributed by atoms with Gasteiger partial charge in [0.25, 0.3) is 0 Å². The molecule has 0 saturated carbocycles. The van der Waals surface area contributed by atoms with E-state index in [1.54, 1.807) is 0 Å². The van der Waals surface area contributed by atoms with E-state index in [4.69, 9.17) is 5.10 Å². The first-order valence-corrected chi connectivity index (χ1v) is 8.35. The Morgan fingerprint density at radius 2 is 1.84 bits per heavy atom. The predicted octanol–water partition coefficient (Wildman–Crippen LogP) is 3.69. The van der Waals surface area contributed by atoms with Gasteiger partial charge in [0.05, 0.1) is 11.4 Å². The fourth-order valence-electron chi connectivity index (χ4n) is 2.37. The van der Waals surface area contributed by atoms with Crippen LogP contribution < -0.4 is 10.6 Å². The summed E-state index contributed by atoms with van der Waals surface area (Å²) in [6.07, 6.45) is 0. The standard InChI is InChI=1S/C19H28N4O.ClH/c1-13-7-9-15(10-8-13)23-17(11-16(22-23)19(3,4)5)21-18(24)14(2)12-20-6;/h7-11,14,20H,12H2,1-6H3,(H,21,24);1H. The van der Waals surface area contributed by atoms with Crippen LogP contribution in [0.15, 0.2) is 30.3 Å². The van der Waals surface area contributed by atoms with E-state index >= 15 is 0 Å². The van der Waals surface area contributed by atoms with E-state index in [-0.39, 0.29) is 29.6 Å². The minimum Gasteiger partial charge on any atom is -0.319 e. The Balaban J connectivity index is 0.00000312. The fourth-order valence-corrected chi connectivity index (χ4v) is 2.37. The van der Waals surface area contributed by atoms with E-state index in [1.807, 2.05) is 49.0 Å². The highest BCUT2D eigenvalue weighted by molar-refractivity contribution is 5.92. The largest absolute Gasteiger partial charge is 0.319 e. The Kier molecular flexibility index (Phi) is 7.20. The SMILES string of the molecule is CNCC(C)C(=O)Nc1cc(C(C)(C)C)nn1-c1ccc(C)cc1.Cl. The van der Waals surface area contributed by atoms with E-state index in [1.165, 1.54) is 5.56 Å². The van der Waals surface area contributed by atoms with Crippen LogP contribution in [0.25, 0.3) is 5.69 Å². The van der Waals surface area contributed by atoms with Crippen molar-refractivity contribution in [1.82, 2.24) is 15.1 Å². The van der Waals surface area contributed by atoms with Gasteiger partial charge < -0.3 is 10.6 Å². The zero-order chi connectivity index (χ0) is 17.9. The van der Waals surface area contributed by atoms with E-state index in [0.717, 1.165) is 11.4 Å². The van der Waals surface area contributed by atoms with Gasteiger partial charge >= 0.3 is 0 Å². The Labute approximate surface area is 156 Å². The number of anilines is 1. The highest BCUT2D eigenvalue weighted by Gasteiger charge is 2.22. The molecule has 1 aromatic carbocycles. The van der Waals surface area contributed by atoms with E-state index < -0.39 is 0 Å². The van der Waals surface area contributed by atoms with Crippen LogP contribution in [0.1, 0.15) is 39.0 Å². The Hall–Kier alpha value is -1.85. The molecule has 0 aliphatic rings. The van der Waals surface area contributed by atoms with Crippen molar-refractivity contribution in [2.24, 2.45) is 5.92 Å². The van der Waals surface area contributed by atoms with Gasteiger partial charge in [-0.2, -0.15) is 5.10 Å². The van der Waals surface area contributed by atoms with E-state index in [9.17, 15) is 4.79 Å². The number of aryl methyl sites for hydroxylation is 1. The summed E-state index contributed by atoms with van der Waals surface area (Å²) in [7, 11) is 1.85. The lowest BCUT2D eigenvalue weighted by atomic mass is 9.92. The smallest absolute Gasteiger partial charge is 0.229 e. The number of carbonyl (C=O) groups is 1. The molecule has 0 saturated heterocycles. The average molecular weight is 365 g/mol. The highest BCUT2D eigenvalue weighted by Crippen LogP contribution is 2.26. The minimum absolute atomic E-state index is 0. The van der Waals surface area contributed by atoms with Gasteiger partial charge in [0.15, 0.2) is 0 Å². The van der Waals surface area contributed by atoms with Crippen molar-refractivity contribution in [1.29, 1.82) is 0 Å². The second kappa shape index (κ2) is 8.50. The van der Waals surface area contributed by atoms with E-state index in [2.05, 4.69) is 38.3 Å². The van der Waals surface area contributed by atoms with Gasteiger partial charge in [0.2, 0.25) is 5.91 Å². The number of rotatable bonds is 5. The molecule has 1 atom stereocenters. The lowest BCUT2D eigenvalue weighted by molar-refractivity contribution is -0.119. The number of carbonyl (C=O) groups excluding carboxylic acids is 1. The maximum absolute atomic E-state index is 12.4. The maximum atomic E-state index is 12.4. The number of hydrogen-bond acceptors (Lipinski definition) is 3. The zero-order valence-electron chi connectivity index (χ0n) is 15.9. The Morgan fingerprint density at radius 1 is 1.24 bits per heavy atom. The van der Waals surface area contributed by atoms with Crippen LogP contribution in [0.5, 0.6) is 0 Å². The first-order chi connectivity index (χ1) is 11.2. The van der Waals surface area contributed by atoms with Crippen LogP contribution in [0.2, 0.25) is 0 Å². The number of benzene rings is 1. The number of aromatic nitrogens is 2. The topological polar surface area (TPSA) is 59.0 Å². The summed E-state index contributed by atoms with van der Waals surface area (Å²) in [5, 5.41) is 10.8. The lowest BCUT2D eigenvalue weighted by Crippen LogP contribution is -2.29. The molecular formula is C19H29ClN4O. The molecule has 0 spiro atoms. The third-order valence-electron chi connectivity index (χ3n) is 3.97. The number of nitrogens with zero attached hydrogens (tertiary/aromatic N) is 2. The van der Waals surface area contributed by atoms with Crippen LogP contribution in [0.3, 0.4) is 0 Å². The summed E-state index contributed by atoms with van der Waals surface area (Å²) in [5.74, 6) is 0.573. The van der Waals surface area contributed by atoms with Crippen LogP contribution in [0.4, 0.5) is 5.82 Å². The van der Waals surface area contributed by atoms with Gasteiger partial charge in [-0.3, -0.25) is 4.79 Å². The molecule has 2 aromatic rings. The summed E-state index contributed by atoms with van der Waals surface area (Å²) in [5.41, 5.74) is 2.98. The molecule has 138 valence electrons. The molecule has 0 aliphatic carbocycles. The summed E-state index contributed by atoms with van der Waals surface area (Å²) >= 11 is 0. The molecule has 1 aromatic heterocycles. The number of halogens is 1. The summed E-state index contributed by atoms with van der Waals surface area (Å²) in [6.45, 7) is 10.9. The molecule has 1 heterocycles. The minimum atomic E-state index is -0.116. The van der Waals surface area contributed by atoms with Crippen LogP contribution in [0, 0.1) is 12.8 Å². The molecule has 2 N–H and O–H groups in total. The monoisotopic (exact) mass is 364 g/mol. The van der Waals surface area contributed by atoms with Crippen molar-refractivity contribution in [2.75, 3.05) is 18.9 Å². The normalized spacial score (nSPS) is 12.4. The van der Waals surface area contributed by atoms with Crippen LogP contribution >= 0.6 is 12.4 Å².